The fraction of sp³-hybridized carbons (Fsp3) is 0.250. The van der Waals surface area contributed by atoms with Crippen LogP contribution in [0.3, 0.4) is 0 Å². The molecule has 0 N–H and O–H groups in total. The van der Waals surface area contributed by atoms with Crippen LogP contribution in [0.15, 0.2) is 23.8 Å². The van der Waals surface area contributed by atoms with E-state index in [0.717, 1.165) is 5.56 Å². The van der Waals surface area contributed by atoms with Crippen molar-refractivity contribution in [3.63, 3.8) is 0 Å². The van der Waals surface area contributed by atoms with Gasteiger partial charge in [-0.2, -0.15) is 0 Å². The molecular weight excluding hydrogens is 166 g/mol. The third kappa shape index (κ3) is 3.75. The number of azide groups is 1. The minimum atomic E-state index is 0.400. The van der Waals surface area contributed by atoms with Crippen LogP contribution >= 0.6 is 0 Å². The number of aromatic nitrogens is 2. The van der Waals surface area contributed by atoms with Crippen LogP contribution in [0.1, 0.15) is 12.0 Å². The van der Waals surface area contributed by atoms with Gasteiger partial charge in [-0.15, -0.1) is 0 Å². The first-order valence-electron chi connectivity index (χ1n) is 3.68. The summed E-state index contributed by atoms with van der Waals surface area (Å²) in [7, 11) is 0. The summed E-state index contributed by atoms with van der Waals surface area (Å²) in [5, 5.41) is 3.35. The molecule has 0 saturated carbocycles. The van der Waals surface area contributed by atoms with E-state index in [9.17, 15) is 0 Å². The molecule has 0 aromatic carbocycles. The summed E-state index contributed by atoms with van der Waals surface area (Å²) in [4.78, 5) is 10.2. The van der Waals surface area contributed by atoms with Crippen LogP contribution in [0.4, 0.5) is 0 Å². The minimum Gasteiger partial charge on any atom is -0.244 e. The first kappa shape index (κ1) is 9.04. The summed E-state index contributed by atoms with van der Waals surface area (Å²) in [6, 6.07) is 0. The molecule has 0 unspecified atom stereocenters. The Kier molecular flexibility index (Phi) is 3.88. The van der Waals surface area contributed by atoms with Crippen LogP contribution in [-0.4, -0.2) is 16.5 Å². The van der Waals surface area contributed by atoms with Crippen molar-refractivity contribution in [1.29, 1.82) is 0 Å². The maximum atomic E-state index is 7.97. The van der Waals surface area contributed by atoms with Gasteiger partial charge in [-0.3, -0.25) is 0 Å². The van der Waals surface area contributed by atoms with Crippen molar-refractivity contribution < 1.29 is 0 Å². The van der Waals surface area contributed by atoms with Gasteiger partial charge in [-0.1, -0.05) is 17.0 Å². The molecule has 0 radical (unpaired) electrons. The highest BCUT2D eigenvalue weighted by atomic mass is 15.1. The highest BCUT2D eigenvalue weighted by molar-refractivity contribution is 5.28. The number of rotatable bonds is 2. The van der Waals surface area contributed by atoms with Gasteiger partial charge in [0.15, 0.2) is 0 Å². The molecule has 5 nitrogen and oxygen atoms in total. The van der Waals surface area contributed by atoms with Crippen LogP contribution in [0, 0.1) is 11.8 Å². The van der Waals surface area contributed by atoms with Gasteiger partial charge in [0.1, 0.15) is 6.33 Å². The maximum absolute atomic E-state index is 7.97. The van der Waals surface area contributed by atoms with Crippen LogP contribution < -0.4 is 0 Å². The fourth-order valence-corrected chi connectivity index (χ4v) is 0.679. The predicted molar refractivity (Wildman–Crippen MR) is 47.5 cm³/mol. The van der Waals surface area contributed by atoms with Crippen molar-refractivity contribution in [3.8, 4) is 11.8 Å². The predicted octanol–water partition coefficient (Wildman–Crippen LogP) is 1.53. The Hall–Kier alpha value is -2.05. The molecule has 0 fully saturated rings. The quantitative estimate of drug-likeness (QED) is 0.223. The molecule has 0 aliphatic rings. The Labute approximate surface area is 75.5 Å². The lowest BCUT2D eigenvalue weighted by atomic mass is 10.3. The Morgan fingerprint density at radius 2 is 2.23 bits per heavy atom. The summed E-state index contributed by atoms with van der Waals surface area (Å²) in [5.41, 5.74) is 8.74. The van der Waals surface area contributed by atoms with E-state index >= 15 is 0 Å². The van der Waals surface area contributed by atoms with Gasteiger partial charge >= 0.3 is 0 Å². The fourth-order valence-electron chi connectivity index (χ4n) is 0.679. The summed E-state index contributed by atoms with van der Waals surface area (Å²) in [5.74, 6) is 5.69. The molecule has 0 saturated heterocycles. The van der Waals surface area contributed by atoms with E-state index in [1.165, 1.54) is 6.33 Å². The Morgan fingerprint density at radius 3 is 2.92 bits per heavy atom. The van der Waals surface area contributed by atoms with E-state index in [0.29, 0.717) is 13.0 Å². The van der Waals surface area contributed by atoms with Crippen molar-refractivity contribution >= 4 is 0 Å². The lowest BCUT2D eigenvalue weighted by Crippen LogP contribution is -1.80. The summed E-state index contributed by atoms with van der Waals surface area (Å²) in [6.07, 6.45) is 5.27. The first-order chi connectivity index (χ1) is 6.43. The molecular formula is C8H7N5. The van der Waals surface area contributed by atoms with E-state index in [1.807, 2.05) is 0 Å². The largest absolute Gasteiger partial charge is 0.244 e. The third-order valence-electron chi connectivity index (χ3n) is 1.19. The van der Waals surface area contributed by atoms with E-state index in [4.69, 9.17) is 5.53 Å². The van der Waals surface area contributed by atoms with Crippen molar-refractivity contribution in [2.75, 3.05) is 6.54 Å². The number of hydrogen-bond donors (Lipinski definition) is 0. The summed E-state index contributed by atoms with van der Waals surface area (Å²) in [6.45, 7) is 0.400. The molecule has 1 aromatic rings. The molecule has 64 valence electrons. The molecule has 13 heavy (non-hydrogen) atoms. The van der Waals surface area contributed by atoms with Gasteiger partial charge in [0.25, 0.3) is 0 Å². The van der Waals surface area contributed by atoms with Gasteiger partial charge in [0, 0.05) is 30.3 Å². The highest BCUT2D eigenvalue weighted by Gasteiger charge is 1.82. The lowest BCUT2D eigenvalue weighted by Gasteiger charge is -1.84. The second-order valence-corrected chi connectivity index (χ2v) is 2.13. The van der Waals surface area contributed by atoms with E-state index in [-0.39, 0.29) is 0 Å². The molecule has 1 aromatic heterocycles. The SMILES string of the molecule is [N-]=[N+]=NCCC#Cc1cncnc1. The molecule has 1 heterocycles. The third-order valence-corrected chi connectivity index (χ3v) is 1.19. The monoisotopic (exact) mass is 173 g/mol. The second-order valence-electron chi connectivity index (χ2n) is 2.13. The Balaban J connectivity index is 2.44. The van der Waals surface area contributed by atoms with E-state index in [2.05, 4.69) is 31.8 Å². The first-order valence-corrected chi connectivity index (χ1v) is 3.68. The average molecular weight is 173 g/mol. The average Bonchev–Trinajstić information content (AvgIpc) is 2.19. The molecule has 0 aliphatic carbocycles. The van der Waals surface area contributed by atoms with E-state index in [1.54, 1.807) is 12.4 Å². The van der Waals surface area contributed by atoms with Gasteiger partial charge in [0.05, 0.1) is 5.56 Å². The molecule has 5 heteroatoms. The van der Waals surface area contributed by atoms with Crippen LogP contribution in [0.5, 0.6) is 0 Å². The maximum Gasteiger partial charge on any atom is 0.115 e. The minimum absolute atomic E-state index is 0.400. The molecule has 0 amide bonds. The van der Waals surface area contributed by atoms with Crippen LogP contribution in [0.25, 0.3) is 10.4 Å². The topological polar surface area (TPSA) is 74.5 Å². The number of nitrogens with zero attached hydrogens (tertiary/aromatic N) is 5. The van der Waals surface area contributed by atoms with Gasteiger partial charge < -0.3 is 0 Å². The molecule has 0 atom stereocenters. The van der Waals surface area contributed by atoms with Crippen LogP contribution in [0.2, 0.25) is 0 Å². The van der Waals surface area contributed by atoms with Crippen LogP contribution in [-0.2, 0) is 0 Å². The summed E-state index contributed by atoms with van der Waals surface area (Å²) < 4.78 is 0. The Morgan fingerprint density at radius 1 is 1.46 bits per heavy atom. The van der Waals surface area contributed by atoms with Gasteiger partial charge in [-0.05, 0) is 5.53 Å². The van der Waals surface area contributed by atoms with Crippen molar-refractivity contribution in [1.82, 2.24) is 9.97 Å². The normalized spacial score (nSPS) is 8.00. The second kappa shape index (κ2) is 5.58. The molecule has 1 rings (SSSR count). The zero-order chi connectivity index (χ0) is 9.36. The number of hydrogen-bond acceptors (Lipinski definition) is 3. The smallest absolute Gasteiger partial charge is 0.115 e. The lowest BCUT2D eigenvalue weighted by molar-refractivity contribution is 1.01. The summed E-state index contributed by atoms with van der Waals surface area (Å²) >= 11 is 0. The molecule has 0 spiro atoms. The van der Waals surface area contributed by atoms with Crippen molar-refractivity contribution in [2.45, 2.75) is 6.42 Å². The van der Waals surface area contributed by atoms with E-state index < -0.39 is 0 Å². The van der Waals surface area contributed by atoms with Gasteiger partial charge in [0.2, 0.25) is 0 Å². The highest BCUT2D eigenvalue weighted by Crippen LogP contribution is 1.88. The standard InChI is InChI=1S/C8H7N5/c9-13-12-4-2-1-3-8-5-10-7-11-6-8/h5-7H,2,4H2. The van der Waals surface area contributed by atoms with Crippen molar-refractivity contribution in [3.05, 3.63) is 34.7 Å². The van der Waals surface area contributed by atoms with Crippen molar-refractivity contribution in [2.24, 2.45) is 5.11 Å². The molecule has 0 bridgehead atoms. The van der Waals surface area contributed by atoms with Gasteiger partial charge in [-0.25, -0.2) is 9.97 Å². The zero-order valence-electron chi connectivity index (χ0n) is 6.88. The zero-order valence-corrected chi connectivity index (χ0v) is 6.88. The molecule has 0 aliphatic heterocycles. The Bertz CT molecular complexity index is 355.